The van der Waals surface area contributed by atoms with Crippen molar-refractivity contribution in [3.8, 4) is 22.8 Å². The highest BCUT2D eigenvalue weighted by Gasteiger charge is 2.14. The molecule has 0 aliphatic heterocycles. The molecule has 0 aliphatic carbocycles. The van der Waals surface area contributed by atoms with E-state index in [-0.39, 0.29) is 22.8 Å². The fraction of sp³-hybridized carbons (Fsp3) is 0.111. The second-order valence-corrected chi connectivity index (χ2v) is 5.82. The summed E-state index contributed by atoms with van der Waals surface area (Å²) in [5, 5.41) is 3.89. The predicted octanol–water partition coefficient (Wildman–Crippen LogP) is 3.24. The molecule has 0 saturated carbocycles. The van der Waals surface area contributed by atoms with Gasteiger partial charge in [-0.05, 0) is 43.3 Å². The van der Waals surface area contributed by atoms with Crippen LogP contribution in [0.25, 0.3) is 33.9 Å². The van der Waals surface area contributed by atoms with Gasteiger partial charge in [0, 0.05) is 18.2 Å². The average Bonchev–Trinajstić information content (AvgIpc) is 3.12. The van der Waals surface area contributed by atoms with E-state index in [0.717, 1.165) is 12.1 Å². The molecular formula is C18H12F2N4O2. The van der Waals surface area contributed by atoms with Crippen LogP contribution >= 0.6 is 0 Å². The Balaban J connectivity index is 1.79. The molecule has 0 fully saturated rings. The zero-order chi connectivity index (χ0) is 18.4. The number of rotatable bonds is 2. The summed E-state index contributed by atoms with van der Waals surface area (Å²) in [5.41, 5.74) is 2.41. The minimum Gasteiger partial charge on any atom is -0.334 e. The molecule has 0 N–H and O–H groups in total. The predicted molar refractivity (Wildman–Crippen MR) is 90.4 cm³/mol. The van der Waals surface area contributed by atoms with E-state index >= 15 is 0 Å². The maximum Gasteiger partial charge on any atom is 0.272 e. The van der Waals surface area contributed by atoms with Gasteiger partial charge < -0.3 is 9.09 Å². The van der Waals surface area contributed by atoms with Crippen LogP contribution in [0.4, 0.5) is 8.78 Å². The Morgan fingerprint density at radius 1 is 1.00 bits per heavy atom. The second-order valence-electron chi connectivity index (χ2n) is 5.82. The summed E-state index contributed by atoms with van der Waals surface area (Å²) in [6, 6.07) is 8.56. The van der Waals surface area contributed by atoms with Gasteiger partial charge in [-0.2, -0.15) is 4.98 Å². The Kier molecular flexibility index (Phi) is 3.61. The number of fused-ring (bicyclic) bond motifs is 1. The van der Waals surface area contributed by atoms with Gasteiger partial charge in [-0.1, -0.05) is 5.16 Å². The molecule has 130 valence electrons. The van der Waals surface area contributed by atoms with E-state index in [2.05, 4.69) is 15.1 Å². The fourth-order valence-corrected chi connectivity index (χ4v) is 2.70. The monoisotopic (exact) mass is 354 g/mol. The van der Waals surface area contributed by atoms with E-state index in [0.29, 0.717) is 22.3 Å². The van der Waals surface area contributed by atoms with Crippen LogP contribution in [0, 0.1) is 18.6 Å². The van der Waals surface area contributed by atoms with E-state index in [1.807, 2.05) is 0 Å². The minimum atomic E-state index is -0.992. The van der Waals surface area contributed by atoms with Crippen LogP contribution in [0.15, 0.2) is 45.7 Å². The Morgan fingerprint density at radius 2 is 1.77 bits per heavy atom. The van der Waals surface area contributed by atoms with Crippen LogP contribution in [-0.2, 0) is 7.05 Å². The van der Waals surface area contributed by atoms with Crippen LogP contribution in [0.1, 0.15) is 5.69 Å². The van der Waals surface area contributed by atoms with Gasteiger partial charge >= 0.3 is 0 Å². The molecule has 6 nitrogen and oxygen atoms in total. The van der Waals surface area contributed by atoms with Gasteiger partial charge in [-0.25, -0.2) is 13.8 Å². The van der Waals surface area contributed by atoms with Crippen molar-refractivity contribution in [2.75, 3.05) is 0 Å². The third-order valence-electron chi connectivity index (χ3n) is 4.09. The van der Waals surface area contributed by atoms with Gasteiger partial charge in [-0.3, -0.25) is 4.79 Å². The van der Waals surface area contributed by atoms with Crippen molar-refractivity contribution in [1.29, 1.82) is 0 Å². The summed E-state index contributed by atoms with van der Waals surface area (Å²) in [5.74, 6) is -1.59. The molecule has 0 atom stereocenters. The van der Waals surface area contributed by atoms with Gasteiger partial charge in [0.15, 0.2) is 11.6 Å². The van der Waals surface area contributed by atoms with Crippen molar-refractivity contribution in [2.24, 2.45) is 7.05 Å². The van der Waals surface area contributed by atoms with Crippen molar-refractivity contribution >= 4 is 11.0 Å². The Bertz CT molecular complexity index is 1210. The lowest BCUT2D eigenvalue weighted by molar-refractivity contribution is 0.431. The highest BCUT2D eigenvalue weighted by molar-refractivity contribution is 5.80. The van der Waals surface area contributed by atoms with E-state index in [1.165, 1.54) is 10.6 Å². The summed E-state index contributed by atoms with van der Waals surface area (Å²) in [4.78, 5) is 20.5. The maximum atomic E-state index is 13.4. The number of halogens is 2. The van der Waals surface area contributed by atoms with Gasteiger partial charge in [0.25, 0.3) is 11.4 Å². The lowest BCUT2D eigenvalue weighted by Gasteiger charge is -2.06. The second kappa shape index (κ2) is 5.83. The Labute approximate surface area is 145 Å². The summed E-state index contributed by atoms with van der Waals surface area (Å²) in [6.45, 7) is 1.64. The summed E-state index contributed by atoms with van der Waals surface area (Å²) in [6.07, 6.45) is 0. The normalized spacial score (nSPS) is 11.2. The molecular weight excluding hydrogens is 342 g/mol. The third kappa shape index (κ3) is 2.55. The van der Waals surface area contributed by atoms with E-state index in [4.69, 9.17) is 4.52 Å². The molecule has 0 spiro atoms. The topological polar surface area (TPSA) is 73.8 Å². The quantitative estimate of drug-likeness (QED) is 0.552. The van der Waals surface area contributed by atoms with Crippen LogP contribution in [0.2, 0.25) is 0 Å². The highest BCUT2D eigenvalue weighted by Crippen LogP contribution is 2.25. The van der Waals surface area contributed by atoms with Crippen molar-refractivity contribution in [2.45, 2.75) is 6.92 Å². The lowest BCUT2D eigenvalue weighted by Crippen LogP contribution is -2.20. The minimum absolute atomic E-state index is 0.0728. The largest absolute Gasteiger partial charge is 0.334 e. The molecule has 2 heterocycles. The first-order valence-electron chi connectivity index (χ1n) is 7.71. The number of aryl methyl sites for hydroxylation is 2. The number of nitrogens with zero attached hydrogens (tertiary/aromatic N) is 4. The number of aromatic nitrogens is 4. The van der Waals surface area contributed by atoms with E-state index in [1.54, 1.807) is 32.2 Å². The molecule has 2 aromatic heterocycles. The molecule has 0 unspecified atom stereocenters. The van der Waals surface area contributed by atoms with Gasteiger partial charge in [0.05, 0.1) is 11.0 Å². The zero-order valence-corrected chi connectivity index (χ0v) is 13.8. The highest BCUT2D eigenvalue weighted by atomic mass is 19.2. The molecule has 0 bridgehead atoms. The van der Waals surface area contributed by atoms with Crippen molar-refractivity contribution in [1.82, 2.24) is 19.7 Å². The van der Waals surface area contributed by atoms with Crippen LogP contribution in [-0.4, -0.2) is 19.7 Å². The van der Waals surface area contributed by atoms with Crippen molar-refractivity contribution in [3.05, 3.63) is 64.1 Å². The van der Waals surface area contributed by atoms with Crippen LogP contribution in [0.5, 0.6) is 0 Å². The van der Waals surface area contributed by atoms with E-state index < -0.39 is 11.6 Å². The number of hydrogen-bond acceptors (Lipinski definition) is 5. The molecule has 0 radical (unpaired) electrons. The summed E-state index contributed by atoms with van der Waals surface area (Å²) >= 11 is 0. The Hall–Kier alpha value is -3.42. The summed E-state index contributed by atoms with van der Waals surface area (Å²) < 4.78 is 33.1. The zero-order valence-electron chi connectivity index (χ0n) is 13.8. The van der Waals surface area contributed by atoms with Crippen molar-refractivity contribution in [3.63, 3.8) is 0 Å². The first kappa shape index (κ1) is 16.1. The number of hydrogen-bond donors (Lipinski definition) is 0. The first-order valence-corrected chi connectivity index (χ1v) is 7.71. The third-order valence-corrected chi connectivity index (χ3v) is 4.09. The standard InChI is InChI=1S/C18H12F2N4O2/c1-9-18(25)24(2)15-6-4-10(8-14(15)21-9)16-22-17(26-23-16)11-3-5-12(19)13(20)7-11/h3-8H,1-2H3. The van der Waals surface area contributed by atoms with Gasteiger partial charge in [0.1, 0.15) is 5.69 Å². The first-order chi connectivity index (χ1) is 12.4. The molecule has 2 aromatic carbocycles. The molecule has 0 amide bonds. The van der Waals surface area contributed by atoms with Crippen LogP contribution in [0.3, 0.4) is 0 Å². The van der Waals surface area contributed by atoms with Gasteiger partial charge in [0.2, 0.25) is 5.82 Å². The van der Waals surface area contributed by atoms with Gasteiger partial charge in [-0.15, -0.1) is 0 Å². The fourth-order valence-electron chi connectivity index (χ4n) is 2.70. The smallest absolute Gasteiger partial charge is 0.272 e. The number of benzene rings is 2. The maximum absolute atomic E-state index is 13.4. The molecule has 26 heavy (non-hydrogen) atoms. The summed E-state index contributed by atoms with van der Waals surface area (Å²) in [7, 11) is 1.68. The Morgan fingerprint density at radius 3 is 2.54 bits per heavy atom. The average molecular weight is 354 g/mol. The van der Waals surface area contributed by atoms with Crippen LogP contribution < -0.4 is 5.56 Å². The lowest BCUT2D eigenvalue weighted by atomic mass is 10.1. The molecule has 0 aliphatic rings. The van der Waals surface area contributed by atoms with Crippen molar-refractivity contribution < 1.29 is 13.3 Å². The molecule has 4 rings (SSSR count). The molecule has 4 aromatic rings. The SMILES string of the molecule is Cc1nc2cc(-c3noc(-c4ccc(F)c(F)c4)n3)ccc2n(C)c1=O. The molecule has 0 saturated heterocycles. The van der Waals surface area contributed by atoms with E-state index in [9.17, 15) is 13.6 Å². The molecule has 8 heteroatoms.